The van der Waals surface area contributed by atoms with Crippen molar-refractivity contribution in [3.63, 3.8) is 0 Å². The lowest BCUT2D eigenvalue weighted by Crippen LogP contribution is -2.26. The molecule has 0 fully saturated rings. The Bertz CT molecular complexity index is 294. The predicted octanol–water partition coefficient (Wildman–Crippen LogP) is 2.25. The van der Waals surface area contributed by atoms with Crippen LogP contribution in [0.2, 0.25) is 5.02 Å². The van der Waals surface area contributed by atoms with Gasteiger partial charge in [0, 0.05) is 32.1 Å². The Balaban J connectivity index is 2.29. The van der Waals surface area contributed by atoms with Crippen LogP contribution in [0.25, 0.3) is 0 Å². The summed E-state index contributed by atoms with van der Waals surface area (Å²) in [5.74, 6) is 0. The van der Waals surface area contributed by atoms with Gasteiger partial charge in [-0.15, -0.1) is 0 Å². The minimum atomic E-state index is 0.232. The molecule has 0 aromatic carbocycles. The van der Waals surface area contributed by atoms with Crippen LogP contribution in [0.15, 0.2) is 18.5 Å². The Kier molecular flexibility index (Phi) is 5.61. The second-order valence-electron chi connectivity index (χ2n) is 3.36. The van der Waals surface area contributed by atoms with Crippen LogP contribution in [0.3, 0.4) is 0 Å². The second-order valence-corrected chi connectivity index (χ2v) is 3.77. The molecule has 1 atom stereocenters. The number of hydrogen-bond donors (Lipinski definition) is 1. The molecule has 0 amide bonds. The molecule has 0 saturated carbocycles. The van der Waals surface area contributed by atoms with Gasteiger partial charge < -0.3 is 10.1 Å². The SMILES string of the molecule is CCOC(C)CNCc1ccncc1Cl. The number of nitrogens with zero attached hydrogens (tertiary/aromatic N) is 1. The van der Waals surface area contributed by atoms with Gasteiger partial charge in [0.25, 0.3) is 0 Å². The Labute approximate surface area is 95.8 Å². The van der Waals surface area contributed by atoms with Gasteiger partial charge in [-0.25, -0.2) is 0 Å². The Morgan fingerprint density at radius 1 is 1.60 bits per heavy atom. The molecule has 1 aromatic rings. The minimum Gasteiger partial charge on any atom is -0.377 e. The summed E-state index contributed by atoms with van der Waals surface area (Å²) in [6.07, 6.45) is 3.63. The van der Waals surface area contributed by atoms with Crippen molar-refractivity contribution in [3.05, 3.63) is 29.0 Å². The maximum Gasteiger partial charge on any atom is 0.0671 e. The molecule has 0 aliphatic heterocycles. The van der Waals surface area contributed by atoms with Crippen LogP contribution in [-0.4, -0.2) is 24.2 Å². The first-order valence-electron chi connectivity index (χ1n) is 5.14. The van der Waals surface area contributed by atoms with Crippen molar-refractivity contribution in [1.29, 1.82) is 0 Å². The van der Waals surface area contributed by atoms with Crippen molar-refractivity contribution < 1.29 is 4.74 Å². The highest BCUT2D eigenvalue weighted by atomic mass is 35.5. The van der Waals surface area contributed by atoms with E-state index in [1.165, 1.54) is 0 Å². The third kappa shape index (κ3) is 4.60. The van der Waals surface area contributed by atoms with Gasteiger partial charge in [0.05, 0.1) is 11.1 Å². The average molecular weight is 229 g/mol. The monoisotopic (exact) mass is 228 g/mol. The van der Waals surface area contributed by atoms with Gasteiger partial charge in [0.15, 0.2) is 0 Å². The summed E-state index contributed by atoms with van der Waals surface area (Å²) >= 11 is 5.97. The van der Waals surface area contributed by atoms with Gasteiger partial charge in [-0.2, -0.15) is 0 Å². The molecule has 3 nitrogen and oxygen atoms in total. The quantitative estimate of drug-likeness (QED) is 0.811. The first kappa shape index (κ1) is 12.4. The van der Waals surface area contributed by atoms with Gasteiger partial charge in [-0.1, -0.05) is 11.6 Å². The molecule has 1 unspecified atom stereocenters. The lowest BCUT2D eigenvalue weighted by atomic mass is 10.2. The van der Waals surface area contributed by atoms with Crippen molar-refractivity contribution in [3.8, 4) is 0 Å². The fourth-order valence-electron chi connectivity index (χ4n) is 1.30. The maximum atomic E-state index is 5.97. The van der Waals surface area contributed by atoms with E-state index in [4.69, 9.17) is 16.3 Å². The molecular formula is C11H17ClN2O. The van der Waals surface area contributed by atoms with E-state index >= 15 is 0 Å². The topological polar surface area (TPSA) is 34.1 Å². The molecule has 4 heteroatoms. The molecule has 0 aliphatic carbocycles. The highest BCUT2D eigenvalue weighted by Crippen LogP contribution is 2.12. The van der Waals surface area contributed by atoms with Gasteiger partial charge >= 0.3 is 0 Å². The number of nitrogens with one attached hydrogen (secondary N) is 1. The number of rotatable bonds is 6. The maximum absolute atomic E-state index is 5.97. The second kappa shape index (κ2) is 6.77. The fourth-order valence-corrected chi connectivity index (χ4v) is 1.49. The number of pyridine rings is 1. The molecule has 1 aromatic heterocycles. The molecule has 0 saturated heterocycles. The molecule has 0 radical (unpaired) electrons. The average Bonchev–Trinajstić information content (AvgIpc) is 2.21. The number of ether oxygens (including phenoxy) is 1. The fraction of sp³-hybridized carbons (Fsp3) is 0.545. The normalized spacial score (nSPS) is 12.7. The molecule has 1 rings (SSSR count). The summed E-state index contributed by atoms with van der Waals surface area (Å²) in [5, 5.41) is 3.99. The molecule has 1 N–H and O–H groups in total. The summed E-state index contributed by atoms with van der Waals surface area (Å²) in [5.41, 5.74) is 1.07. The molecule has 84 valence electrons. The number of aromatic nitrogens is 1. The zero-order valence-corrected chi connectivity index (χ0v) is 9.92. The number of halogens is 1. The highest BCUT2D eigenvalue weighted by Gasteiger charge is 2.02. The van der Waals surface area contributed by atoms with Crippen molar-refractivity contribution in [2.45, 2.75) is 26.5 Å². The number of hydrogen-bond acceptors (Lipinski definition) is 3. The molecule has 15 heavy (non-hydrogen) atoms. The van der Waals surface area contributed by atoms with Gasteiger partial charge in [-0.3, -0.25) is 4.98 Å². The minimum absolute atomic E-state index is 0.232. The molecule has 1 heterocycles. The van der Waals surface area contributed by atoms with Crippen LogP contribution >= 0.6 is 11.6 Å². The third-order valence-corrected chi connectivity index (χ3v) is 2.40. The third-order valence-electron chi connectivity index (χ3n) is 2.05. The van der Waals surface area contributed by atoms with Gasteiger partial charge in [-0.05, 0) is 25.5 Å². The zero-order chi connectivity index (χ0) is 11.1. The van der Waals surface area contributed by atoms with E-state index in [2.05, 4.69) is 10.3 Å². The van der Waals surface area contributed by atoms with Gasteiger partial charge in [0.1, 0.15) is 0 Å². The zero-order valence-electron chi connectivity index (χ0n) is 9.16. The Morgan fingerprint density at radius 3 is 3.07 bits per heavy atom. The van der Waals surface area contributed by atoms with E-state index in [9.17, 15) is 0 Å². The van der Waals surface area contributed by atoms with E-state index in [1.54, 1.807) is 12.4 Å². The van der Waals surface area contributed by atoms with Crippen LogP contribution in [0.5, 0.6) is 0 Å². The first-order chi connectivity index (χ1) is 7.24. The van der Waals surface area contributed by atoms with Gasteiger partial charge in [0.2, 0.25) is 0 Å². The summed E-state index contributed by atoms with van der Waals surface area (Å²) < 4.78 is 5.40. The summed E-state index contributed by atoms with van der Waals surface area (Å²) in [7, 11) is 0. The van der Waals surface area contributed by atoms with E-state index in [-0.39, 0.29) is 6.10 Å². The summed E-state index contributed by atoms with van der Waals surface area (Å²) in [6, 6.07) is 1.92. The van der Waals surface area contributed by atoms with Crippen molar-refractivity contribution in [2.24, 2.45) is 0 Å². The summed E-state index contributed by atoms with van der Waals surface area (Å²) in [6.45, 7) is 6.37. The smallest absolute Gasteiger partial charge is 0.0671 e. The first-order valence-corrected chi connectivity index (χ1v) is 5.52. The Hall–Kier alpha value is -0.640. The lowest BCUT2D eigenvalue weighted by Gasteiger charge is -2.12. The Morgan fingerprint density at radius 2 is 2.40 bits per heavy atom. The van der Waals surface area contributed by atoms with Crippen LogP contribution in [0.1, 0.15) is 19.4 Å². The molecule has 0 aliphatic rings. The molecular weight excluding hydrogens is 212 g/mol. The highest BCUT2D eigenvalue weighted by molar-refractivity contribution is 6.31. The van der Waals surface area contributed by atoms with E-state index in [0.717, 1.165) is 25.3 Å². The van der Waals surface area contributed by atoms with Crippen molar-refractivity contribution in [2.75, 3.05) is 13.2 Å². The van der Waals surface area contributed by atoms with E-state index in [1.807, 2.05) is 19.9 Å². The largest absolute Gasteiger partial charge is 0.377 e. The molecule has 0 bridgehead atoms. The molecule has 0 spiro atoms. The van der Waals surface area contributed by atoms with Crippen LogP contribution < -0.4 is 5.32 Å². The van der Waals surface area contributed by atoms with Crippen LogP contribution in [-0.2, 0) is 11.3 Å². The predicted molar refractivity (Wildman–Crippen MR) is 62.0 cm³/mol. The lowest BCUT2D eigenvalue weighted by molar-refractivity contribution is 0.0759. The van der Waals surface area contributed by atoms with E-state index in [0.29, 0.717) is 5.02 Å². The standard InChI is InChI=1S/C11H17ClN2O/c1-3-15-9(2)6-14-7-10-4-5-13-8-11(10)12/h4-5,8-9,14H,3,6-7H2,1-2H3. The van der Waals surface area contributed by atoms with Crippen molar-refractivity contribution >= 4 is 11.6 Å². The van der Waals surface area contributed by atoms with E-state index < -0.39 is 0 Å². The van der Waals surface area contributed by atoms with Crippen LogP contribution in [0.4, 0.5) is 0 Å². The summed E-state index contributed by atoms with van der Waals surface area (Å²) in [4.78, 5) is 3.93. The van der Waals surface area contributed by atoms with Crippen LogP contribution in [0, 0.1) is 0 Å². The van der Waals surface area contributed by atoms with Crippen molar-refractivity contribution in [1.82, 2.24) is 10.3 Å².